The van der Waals surface area contributed by atoms with Gasteiger partial charge in [-0.15, -0.1) is 0 Å². The number of halogens is 1. The highest BCUT2D eigenvalue weighted by molar-refractivity contribution is 6.28. The normalized spacial score (nSPS) is 15.0. The molecule has 0 atom stereocenters. The Morgan fingerprint density at radius 2 is 1.90 bits per heavy atom. The van der Waals surface area contributed by atoms with E-state index in [2.05, 4.69) is 19.9 Å². The van der Waals surface area contributed by atoms with E-state index in [9.17, 15) is 0 Å². The molecule has 110 valence electrons. The van der Waals surface area contributed by atoms with E-state index in [1.807, 2.05) is 30.1 Å². The lowest BCUT2D eigenvalue weighted by Gasteiger charge is -2.28. The van der Waals surface area contributed by atoms with Gasteiger partial charge in [0.25, 0.3) is 0 Å². The largest absolute Gasteiger partial charge is 0.378 e. The molecule has 2 aromatic heterocycles. The number of nitrogens with zero attached hydrogens (tertiary/aromatic N) is 5. The van der Waals surface area contributed by atoms with Crippen molar-refractivity contribution in [1.29, 1.82) is 0 Å². The molecule has 0 spiro atoms. The second-order valence-electron chi connectivity index (χ2n) is 4.72. The predicted molar refractivity (Wildman–Crippen MR) is 82.4 cm³/mol. The number of hydrogen-bond donors (Lipinski definition) is 0. The van der Waals surface area contributed by atoms with Crippen molar-refractivity contribution >= 4 is 28.9 Å². The highest BCUT2D eigenvalue weighted by atomic mass is 35.5. The number of hydrogen-bond acceptors (Lipinski definition) is 6. The van der Waals surface area contributed by atoms with Crippen molar-refractivity contribution < 1.29 is 4.74 Å². The van der Waals surface area contributed by atoms with Crippen molar-refractivity contribution in [1.82, 2.24) is 15.0 Å². The standard InChI is InChI=1S/C14H16ClN5O/c1-19(11-2-4-16-5-3-11)12-10-13(18-14(15)17-12)20-6-8-21-9-7-20/h2-5,10H,6-9H2,1H3. The third kappa shape index (κ3) is 3.22. The molecular weight excluding hydrogens is 290 g/mol. The van der Waals surface area contributed by atoms with E-state index >= 15 is 0 Å². The van der Waals surface area contributed by atoms with Gasteiger partial charge in [-0.05, 0) is 23.7 Å². The molecule has 2 aromatic rings. The van der Waals surface area contributed by atoms with E-state index in [0.717, 1.165) is 30.4 Å². The summed E-state index contributed by atoms with van der Waals surface area (Å²) in [6, 6.07) is 5.78. The first-order chi connectivity index (χ1) is 10.2. The molecule has 3 rings (SSSR count). The predicted octanol–water partition coefficient (Wildman–Crippen LogP) is 2.13. The van der Waals surface area contributed by atoms with E-state index in [4.69, 9.17) is 16.3 Å². The van der Waals surface area contributed by atoms with Gasteiger partial charge in [-0.3, -0.25) is 4.98 Å². The van der Waals surface area contributed by atoms with Crippen LogP contribution in [0.15, 0.2) is 30.6 Å². The van der Waals surface area contributed by atoms with Crippen LogP contribution in [0.5, 0.6) is 0 Å². The van der Waals surface area contributed by atoms with Gasteiger partial charge >= 0.3 is 0 Å². The Labute approximate surface area is 128 Å². The first kappa shape index (κ1) is 14.0. The van der Waals surface area contributed by atoms with Crippen LogP contribution in [0.25, 0.3) is 0 Å². The quantitative estimate of drug-likeness (QED) is 0.810. The third-order valence-electron chi connectivity index (χ3n) is 3.40. The maximum Gasteiger partial charge on any atom is 0.226 e. The summed E-state index contributed by atoms with van der Waals surface area (Å²) in [5, 5.41) is 0.245. The minimum atomic E-state index is 0.245. The molecule has 0 amide bonds. The molecule has 0 saturated carbocycles. The van der Waals surface area contributed by atoms with Crippen molar-refractivity contribution in [2.75, 3.05) is 43.2 Å². The van der Waals surface area contributed by atoms with Crippen molar-refractivity contribution in [3.8, 4) is 0 Å². The summed E-state index contributed by atoms with van der Waals surface area (Å²) in [6.45, 7) is 3.03. The van der Waals surface area contributed by atoms with E-state index in [-0.39, 0.29) is 5.28 Å². The number of anilines is 3. The topological polar surface area (TPSA) is 54.4 Å². The molecule has 21 heavy (non-hydrogen) atoms. The summed E-state index contributed by atoms with van der Waals surface area (Å²) in [4.78, 5) is 16.8. The minimum Gasteiger partial charge on any atom is -0.378 e. The van der Waals surface area contributed by atoms with Crippen LogP contribution in [0, 0.1) is 0 Å². The van der Waals surface area contributed by atoms with Crippen LogP contribution in [0.3, 0.4) is 0 Å². The molecule has 1 saturated heterocycles. The molecule has 0 unspecified atom stereocenters. The average Bonchev–Trinajstić information content (AvgIpc) is 2.55. The van der Waals surface area contributed by atoms with Crippen LogP contribution in [0.2, 0.25) is 5.28 Å². The monoisotopic (exact) mass is 305 g/mol. The molecule has 0 radical (unpaired) electrons. The Balaban J connectivity index is 1.90. The van der Waals surface area contributed by atoms with E-state index in [1.54, 1.807) is 12.4 Å². The Morgan fingerprint density at radius 3 is 2.62 bits per heavy atom. The number of pyridine rings is 1. The molecule has 3 heterocycles. The van der Waals surface area contributed by atoms with E-state index in [1.165, 1.54) is 0 Å². The summed E-state index contributed by atoms with van der Waals surface area (Å²) in [6.07, 6.45) is 3.50. The highest BCUT2D eigenvalue weighted by Gasteiger charge is 2.16. The number of aromatic nitrogens is 3. The second kappa shape index (κ2) is 6.24. The zero-order chi connectivity index (χ0) is 14.7. The van der Waals surface area contributed by atoms with Crippen molar-refractivity contribution in [2.45, 2.75) is 0 Å². The van der Waals surface area contributed by atoms with Gasteiger partial charge in [-0.25, -0.2) is 9.97 Å². The maximum absolute atomic E-state index is 6.08. The molecule has 0 aromatic carbocycles. The third-order valence-corrected chi connectivity index (χ3v) is 3.57. The molecule has 1 aliphatic heterocycles. The van der Waals surface area contributed by atoms with Gasteiger partial charge in [0.05, 0.1) is 13.2 Å². The fraction of sp³-hybridized carbons (Fsp3) is 0.357. The summed E-state index contributed by atoms with van der Waals surface area (Å²) in [5.74, 6) is 1.58. The first-order valence-electron chi connectivity index (χ1n) is 6.75. The lowest BCUT2D eigenvalue weighted by Crippen LogP contribution is -2.37. The first-order valence-corrected chi connectivity index (χ1v) is 7.13. The van der Waals surface area contributed by atoms with Crippen molar-refractivity contribution in [2.24, 2.45) is 0 Å². The highest BCUT2D eigenvalue weighted by Crippen LogP contribution is 2.26. The summed E-state index contributed by atoms with van der Waals surface area (Å²) in [5.41, 5.74) is 0.993. The fourth-order valence-corrected chi connectivity index (χ4v) is 2.39. The van der Waals surface area contributed by atoms with Gasteiger partial charge in [0.2, 0.25) is 5.28 Å². The van der Waals surface area contributed by atoms with Crippen molar-refractivity contribution in [3.05, 3.63) is 35.9 Å². The van der Waals surface area contributed by atoms with Gasteiger partial charge in [0.1, 0.15) is 11.6 Å². The number of rotatable bonds is 3. The van der Waals surface area contributed by atoms with Crippen LogP contribution >= 0.6 is 11.6 Å². The molecule has 1 aliphatic rings. The van der Waals surface area contributed by atoms with Gasteiger partial charge in [0, 0.05) is 44.3 Å². The van der Waals surface area contributed by atoms with Crippen LogP contribution < -0.4 is 9.80 Å². The molecule has 0 aliphatic carbocycles. The van der Waals surface area contributed by atoms with Crippen LogP contribution in [0.4, 0.5) is 17.3 Å². The maximum atomic E-state index is 6.08. The van der Waals surface area contributed by atoms with Gasteiger partial charge in [-0.1, -0.05) is 0 Å². The molecule has 1 fully saturated rings. The molecule has 6 nitrogen and oxygen atoms in total. The SMILES string of the molecule is CN(c1ccncc1)c1cc(N2CCOCC2)nc(Cl)n1. The second-order valence-corrected chi connectivity index (χ2v) is 5.06. The molecule has 0 N–H and O–H groups in total. The van der Waals surface area contributed by atoms with Gasteiger partial charge in [-0.2, -0.15) is 0 Å². The summed E-state index contributed by atoms with van der Waals surface area (Å²) in [7, 11) is 1.94. The van der Waals surface area contributed by atoms with Crippen LogP contribution in [-0.4, -0.2) is 48.3 Å². The molecule has 7 heteroatoms. The lowest BCUT2D eigenvalue weighted by molar-refractivity contribution is 0.122. The average molecular weight is 306 g/mol. The zero-order valence-electron chi connectivity index (χ0n) is 11.7. The summed E-state index contributed by atoms with van der Waals surface area (Å²) >= 11 is 6.08. The molecular formula is C14H16ClN5O. The Bertz CT molecular complexity index is 604. The van der Waals surface area contributed by atoms with Crippen LogP contribution in [0.1, 0.15) is 0 Å². The Hall–Kier alpha value is -1.92. The van der Waals surface area contributed by atoms with E-state index in [0.29, 0.717) is 13.2 Å². The Morgan fingerprint density at radius 1 is 1.19 bits per heavy atom. The van der Waals surface area contributed by atoms with E-state index < -0.39 is 0 Å². The van der Waals surface area contributed by atoms with Gasteiger partial charge in [0.15, 0.2) is 0 Å². The zero-order valence-corrected chi connectivity index (χ0v) is 12.5. The lowest BCUT2D eigenvalue weighted by atomic mass is 10.3. The van der Waals surface area contributed by atoms with Crippen LogP contribution in [-0.2, 0) is 4.74 Å². The van der Waals surface area contributed by atoms with Crippen molar-refractivity contribution in [3.63, 3.8) is 0 Å². The minimum absolute atomic E-state index is 0.245. The number of ether oxygens (including phenoxy) is 1. The summed E-state index contributed by atoms with van der Waals surface area (Å²) < 4.78 is 5.36. The fourth-order valence-electron chi connectivity index (χ4n) is 2.22. The Kier molecular flexibility index (Phi) is 4.17. The smallest absolute Gasteiger partial charge is 0.226 e. The molecule has 0 bridgehead atoms. The number of morpholine rings is 1. The van der Waals surface area contributed by atoms with Gasteiger partial charge < -0.3 is 14.5 Å².